The lowest BCUT2D eigenvalue weighted by molar-refractivity contribution is -0.330. The summed E-state index contributed by atoms with van der Waals surface area (Å²) in [4.78, 5) is 12.2. The van der Waals surface area contributed by atoms with Crippen LogP contribution in [0.25, 0.3) is 0 Å². The first-order valence-corrected chi connectivity index (χ1v) is 7.83. The predicted octanol–water partition coefficient (Wildman–Crippen LogP) is 1.95. The molecule has 0 bridgehead atoms. The Morgan fingerprint density at radius 2 is 1.95 bits per heavy atom. The molecular formula is C16H22O5. The molecule has 2 saturated heterocycles. The number of carbonyl (C=O) groups excluding carboxylic acids is 1. The van der Waals surface area contributed by atoms with Gasteiger partial charge in [-0.2, -0.15) is 0 Å². The molecule has 0 amide bonds. The van der Waals surface area contributed by atoms with E-state index in [1.54, 1.807) is 6.08 Å². The van der Waals surface area contributed by atoms with Crippen molar-refractivity contribution in [3.05, 3.63) is 12.2 Å². The second-order valence-electron chi connectivity index (χ2n) is 7.05. The number of ether oxygens (including phenoxy) is 4. The van der Waals surface area contributed by atoms with Gasteiger partial charge in [-0.25, -0.2) is 0 Å². The summed E-state index contributed by atoms with van der Waals surface area (Å²) in [5.41, 5.74) is -0.665. The van der Waals surface area contributed by atoms with Crippen LogP contribution in [0.1, 0.15) is 39.5 Å². The van der Waals surface area contributed by atoms with Crippen molar-refractivity contribution in [1.82, 2.24) is 0 Å². The van der Waals surface area contributed by atoms with Gasteiger partial charge in [0, 0.05) is 12.8 Å². The fraction of sp³-hybridized carbons (Fsp3) is 0.812. The summed E-state index contributed by atoms with van der Waals surface area (Å²) in [6.07, 6.45) is 7.13. The Balaban J connectivity index is 1.68. The molecule has 4 aliphatic rings. The summed E-state index contributed by atoms with van der Waals surface area (Å²) in [6, 6.07) is 0. The minimum absolute atomic E-state index is 0.0618. The molecule has 2 spiro atoms. The highest BCUT2D eigenvalue weighted by Crippen LogP contribution is 2.48. The van der Waals surface area contributed by atoms with Crippen LogP contribution in [-0.4, -0.2) is 42.3 Å². The molecular weight excluding hydrogens is 272 g/mol. The molecule has 116 valence electrons. The van der Waals surface area contributed by atoms with Crippen molar-refractivity contribution in [2.45, 2.75) is 62.8 Å². The average Bonchev–Trinajstić information content (AvgIpc) is 3.01. The molecule has 1 saturated carbocycles. The van der Waals surface area contributed by atoms with E-state index in [0.717, 1.165) is 25.7 Å². The molecule has 5 nitrogen and oxygen atoms in total. The van der Waals surface area contributed by atoms with Gasteiger partial charge in [0.25, 0.3) is 0 Å². The normalized spacial score (nSPS) is 43.6. The maximum Gasteiger partial charge on any atom is 0.168 e. The summed E-state index contributed by atoms with van der Waals surface area (Å²) in [7, 11) is 0. The van der Waals surface area contributed by atoms with Gasteiger partial charge in [-0.1, -0.05) is 0 Å². The standard InChI is InChI=1S/C16H22O5/c1-14(2)19-10-15(21-14)8-5-12(17)11-9-18-16(20-13(11)15)6-3-4-7-16/h5,8,11,13H,3-4,6-7,9-10H2,1-2H3/t11-,13-,15+/m0/s1. The molecule has 3 atom stereocenters. The van der Waals surface area contributed by atoms with Crippen LogP contribution in [0.5, 0.6) is 0 Å². The molecule has 2 heterocycles. The number of ketones is 1. The van der Waals surface area contributed by atoms with Crippen molar-refractivity contribution in [1.29, 1.82) is 0 Å². The van der Waals surface area contributed by atoms with Crippen LogP contribution in [0.2, 0.25) is 0 Å². The van der Waals surface area contributed by atoms with Gasteiger partial charge in [0.2, 0.25) is 0 Å². The van der Waals surface area contributed by atoms with E-state index >= 15 is 0 Å². The predicted molar refractivity (Wildman–Crippen MR) is 73.5 cm³/mol. The van der Waals surface area contributed by atoms with Gasteiger partial charge in [-0.05, 0) is 38.8 Å². The van der Waals surface area contributed by atoms with E-state index in [1.165, 1.54) is 0 Å². The van der Waals surface area contributed by atoms with E-state index in [1.807, 2.05) is 19.9 Å². The van der Waals surface area contributed by atoms with E-state index in [-0.39, 0.29) is 17.8 Å². The SMILES string of the molecule is CC1(C)OC[C@@]2(C=CC(=O)[C@@H]3COC4(CCCC4)O[C@@H]32)O1. The smallest absolute Gasteiger partial charge is 0.168 e. The van der Waals surface area contributed by atoms with Crippen LogP contribution >= 0.6 is 0 Å². The molecule has 0 radical (unpaired) electrons. The highest BCUT2D eigenvalue weighted by Gasteiger charge is 2.60. The van der Waals surface area contributed by atoms with Gasteiger partial charge >= 0.3 is 0 Å². The molecule has 3 fully saturated rings. The van der Waals surface area contributed by atoms with Crippen molar-refractivity contribution in [3.8, 4) is 0 Å². The number of hydrogen-bond donors (Lipinski definition) is 0. The number of rotatable bonds is 0. The Kier molecular flexibility index (Phi) is 2.90. The Bertz CT molecular complexity index is 491. The molecule has 0 aromatic rings. The number of fused-ring (bicyclic) bond motifs is 2. The zero-order valence-corrected chi connectivity index (χ0v) is 12.6. The first-order valence-electron chi connectivity index (χ1n) is 7.83. The highest BCUT2D eigenvalue weighted by atomic mass is 16.8. The Labute approximate surface area is 124 Å². The second-order valence-corrected chi connectivity index (χ2v) is 7.05. The molecule has 0 unspecified atom stereocenters. The van der Waals surface area contributed by atoms with Crippen molar-refractivity contribution in [3.63, 3.8) is 0 Å². The number of allylic oxidation sites excluding steroid dienone is 1. The van der Waals surface area contributed by atoms with Crippen molar-refractivity contribution in [2.24, 2.45) is 5.92 Å². The zero-order valence-electron chi connectivity index (χ0n) is 12.6. The molecule has 2 aliphatic heterocycles. The fourth-order valence-electron chi connectivity index (χ4n) is 3.99. The average molecular weight is 294 g/mol. The minimum Gasteiger partial charge on any atom is -0.349 e. The van der Waals surface area contributed by atoms with E-state index in [9.17, 15) is 4.79 Å². The topological polar surface area (TPSA) is 54.0 Å². The maximum atomic E-state index is 12.2. The van der Waals surface area contributed by atoms with Crippen LogP contribution in [0.4, 0.5) is 0 Å². The summed E-state index contributed by atoms with van der Waals surface area (Å²) < 4.78 is 24.2. The van der Waals surface area contributed by atoms with Crippen LogP contribution in [0.15, 0.2) is 12.2 Å². The molecule has 0 aromatic heterocycles. The fourth-order valence-corrected chi connectivity index (χ4v) is 3.99. The van der Waals surface area contributed by atoms with Crippen molar-refractivity contribution in [2.75, 3.05) is 13.2 Å². The third kappa shape index (κ3) is 2.10. The lowest BCUT2D eigenvalue weighted by atomic mass is 9.79. The number of carbonyl (C=O) groups is 1. The lowest BCUT2D eigenvalue weighted by Gasteiger charge is -2.49. The summed E-state index contributed by atoms with van der Waals surface area (Å²) >= 11 is 0. The second kappa shape index (κ2) is 4.38. The molecule has 2 aliphatic carbocycles. The van der Waals surface area contributed by atoms with Crippen molar-refractivity contribution < 1.29 is 23.7 Å². The van der Waals surface area contributed by atoms with Crippen LogP contribution in [0.3, 0.4) is 0 Å². The van der Waals surface area contributed by atoms with Gasteiger partial charge in [0.1, 0.15) is 11.7 Å². The van der Waals surface area contributed by atoms with Gasteiger partial charge in [-0.15, -0.1) is 0 Å². The number of hydrogen-bond acceptors (Lipinski definition) is 5. The van der Waals surface area contributed by atoms with Gasteiger partial charge in [0.15, 0.2) is 17.4 Å². The molecule has 21 heavy (non-hydrogen) atoms. The van der Waals surface area contributed by atoms with Crippen LogP contribution in [-0.2, 0) is 23.7 Å². The van der Waals surface area contributed by atoms with E-state index < -0.39 is 17.2 Å². The molecule has 0 aromatic carbocycles. The Morgan fingerprint density at radius 1 is 1.19 bits per heavy atom. The molecule has 0 N–H and O–H groups in total. The quantitative estimate of drug-likeness (QED) is 0.683. The van der Waals surface area contributed by atoms with Gasteiger partial charge in [0.05, 0.1) is 19.1 Å². The largest absolute Gasteiger partial charge is 0.349 e. The Hall–Kier alpha value is -0.750. The third-order valence-corrected chi connectivity index (χ3v) is 5.06. The summed E-state index contributed by atoms with van der Waals surface area (Å²) in [5.74, 6) is -1.40. The van der Waals surface area contributed by atoms with E-state index in [2.05, 4.69) is 0 Å². The monoisotopic (exact) mass is 294 g/mol. The van der Waals surface area contributed by atoms with Gasteiger partial charge < -0.3 is 18.9 Å². The molecule has 5 heteroatoms. The van der Waals surface area contributed by atoms with E-state index in [4.69, 9.17) is 18.9 Å². The first-order chi connectivity index (χ1) is 9.94. The van der Waals surface area contributed by atoms with Crippen LogP contribution in [0, 0.1) is 5.92 Å². The highest BCUT2D eigenvalue weighted by molar-refractivity contribution is 5.94. The summed E-state index contributed by atoms with van der Waals surface area (Å²) in [6.45, 7) is 4.62. The molecule has 4 rings (SSSR count). The van der Waals surface area contributed by atoms with Crippen LogP contribution < -0.4 is 0 Å². The third-order valence-electron chi connectivity index (χ3n) is 5.06. The zero-order chi connectivity index (χ0) is 14.7. The first kappa shape index (κ1) is 13.9. The summed E-state index contributed by atoms with van der Waals surface area (Å²) in [5, 5.41) is 0. The van der Waals surface area contributed by atoms with Crippen molar-refractivity contribution >= 4 is 5.78 Å². The van der Waals surface area contributed by atoms with Gasteiger partial charge in [-0.3, -0.25) is 4.79 Å². The lowest BCUT2D eigenvalue weighted by Crippen LogP contribution is -2.61. The Morgan fingerprint density at radius 3 is 2.62 bits per heavy atom. The minimum atomic E-state index is -0.665. The van der Waals surface area contributed by atoms with E-state index in [0.29, 0.717) is 13.2 Å². The maximum absolute atomic E-state index is 12.2.